The van der Waals surface area contributed by atoms with Crippen molar-refractivity contribution >= 4 is 5.91 Å². The molecule has 5 heteroatoms. The van der Waals surface area contributed by atoms with E-state index in [0.717, 1.165) is 58.7 Å². The average Bonchev–Trinajstić information content (AvgIpc) is 2.94. The maximum absolute atomic E-state index is 13.1. The molecule has 1 atom stereocenters. The summed E-state index contributed by atoms with van der Waals surface area (Å²) < 4.78 is 5.48. The predicted molar refractivity (Wildman–Crippen MR) is 82.3 cm³/mol. The number of nitrogens with one attached hydrogen (secondary N) is 1. The number of likely N-dealkylation sites (N-methyl/N-ethyl adjacent to an activating group) is 1. The van der Waals surface area contributed by atoms with Crippen LogP contribution in [0.4, 0.5) is 0 Å². The Morgan fingerprint density at radius 3 is 2.48 bits per heavy atom. The SMILES string of the molecule is CN1CC[C@@H](NC(=O)C2(N3CCOCC3)CCCCC2)C1. The van der Waals surface area contributed by atoms with Crippen LogP contribution in [0.1, 0.15) is 38.5 Å². The summed E-state index contributed by atoms with van der Waals surface area (Å²) in [6.07, 6.45) is 6.74. The highest BCUT2D eigenvalue weighted by Gasteiger charge is 2.45. The molecule has 0 unspecified atom stereocenters. The minimum atomic E-state index is -0.261. The molecule has 0 aromatic heterocycles. The summed E-state index contributed by atoms with van der Waals surface area (Å²) in [7, 11) is 2.13. The van der Waals surface area contributed by atoms with Gasteiger partial charge >= 0.3 is 0 Å². The number of hydrogen-bond acceptors (Lipinski definition) is 4. The fraction of sp³-hybridized carbons (Fsp3) is 0.938. The molecule has 1 saturated carbocycles. The van der Waals surface area contributed by atoms with Crippen molar-refractivity contribution in [2.24, 2.45) is 0 Å². The van der Waals surface area contributed by atoms with Gasteiger partial charge in [0, 0.05) is 25.7 Å². The van der Waals surface area contributed by atoms with Crippen molar-refractivity contribution in [3.8, 4) is 0 Å². The maximum atomic E-state index is 13.1. The average molecular weight is 295 g/mol. The fourth-order valence-electron chi connectivity index (χ4n) is 4.19. The van der Waals surface area contributed by atoms with E-state index in [1.807, 2.05) is 0 Å². The number of carbonyl (C=O) groups excluding carboxylic acids is 1. The summed E-state index contributed by atoms with van der Waals surface area (Å²) in [5.74, 6) is 0.282. The lowest BCUT2D eigenvalue weighted by Gasteiger charge is -2.47. The first-order valence-corrected chi connectivity index (χ1v) is 8.53. The van der Waals surface area contributed by atoms with E-state index in [2.05, 4.69) is 22.2 Å². The summed E-state index contributed by atoms with van der Waals surface area (Å²) >= 11 is 0. The number of carbonyl (C=O) groups is 1. The first kappa shape index (κ1) is 15.3. The Balaban J connectivity index is 1.69. The molecule has 3 aliphatic rings. The molecule has 2 heterocycles. The van der Waals surface area contributed by atoms with E-state index in [9.17, 15) is 4.79 Å². The second-order valence-corrected chi connectivity index (χ2v) is 6.91. The highest BCUT2D eigenvalue weighted by molar-refractivity contribution is 5.86. The van der Waals surface area contributed by atoms with Crippen molar-refractivity contribution in [2.45, 2.75) is 50.1 Å². The lowest BCUT2D eigenvalue weighted by Crippen LogP contribution is -2.63. The standard InChI is InChI=1S/C16H29N3O2/c1-18-8-5-14(13-18)17-15(20)16(6-3-2-4-7-16)19-9-11-21-12-10-19/h14H,2-13H2,1H3,(H,17,20)/t14-/m1/s1. The molecule has 1 amide bonds. The van der Waals surface area contributed by atoms with Crippen LogP contribution in [0.15, 0.2) is 0 Å². The smallest absolute Gasteiger partial charge is 0.240 e. The van der Waals surface area contributed by atoms with Gasteiger partial charge in [0.1, 0.15) is 5.54 Å². The molecular weight excluding hydrogens is 266 g/mol. The molecule has 2 aliphatic heterocycles. The van der Waals surface area contributed by atoms with E-state index < -0.39 is 0 Å². The minimum Gasteiger partial charge on any atom is -0.379 e. The largest absolute Gasteiger partial charge is 0.379 e. The molecule has 3 rings (SSSR count). The molecule has 0 aromatic carbocycles. The second kappa shape index (κ2) is 6.63. The van der Waals surface area contributed by atoms with Crippen LogP contribution in [-0.2, 0) is 9.53 Å². The molecule has 5 nitrogen and oxygen atoms in total. The molecular formula is C16H29N3O2. The van der Waals surface area contributed by atoms with Crippen LogP contribution in [0.2, 0.25) is 0 Å². The Morgan fingerprint density at radius 1 is 1.14 bits per heavy atom. The zero-order chi connectivity index (χ0) is 14.7. The van der Waals surface area contributed by atoms with Crippen molar-refractivity contribution in [3.63, 3.8) is 0 Å². The maximum Gasteiger partial charge on any atom is 0.240 e. The number of hydrogen-bond donors (Lipinski definition) is 1. The van der Waals surface area contributed by atoms with Gasteiger partial charge in [-0.05, 0) is 32.9 Å². The second-order valence-electron chi connectivity index (χ2n) is 6.91. The summed E-state index contributed by atoms with van der Waals surface area (Å²) in [5, 5.41) is 3.35. The number of rotatable bonds is 3. The minimum absolute atomic E-state index is 0.261. The van der Waals surface area contributed by atoms with Gasteiger partial charge in [-0.3, -0.25) is 9.69 Å². The molecule has 21 heavy (non-hydrogen) atoms. The topological polar surface area (TPSA) is 44.8 Å². The molecule has 0 radical (unpaired) electrons. The summed E-state index contributed by atoms with van der Waals surface area (Å²) in [6.45, 7) is 5.42. The van der Waals surface area contributed by atoms with Gasteiger partial charge in [-0.25, -0.2) is 0 Å². The third-order valence-corrected chi connectivity index (χ3v) is 5.45. The molecule has 2 saturated heterocycles. The molecule has 0 aromatic rings. The molecule has 3 fully saturated rings. The zero-order valence-electron chi connectivity index (χ0n) is 13.3. The number of likely N-dealkylation sites (tertiary alicyclic amines) is 1. The van der Waals surface area contributed by atoms with E-state index in [-0.39, 0.29) is 11.4 Å². The van der Waals surface area contributed by atoms with Crippen molar-refractivity contribution in [3.05, 3.63) is 0 Å². The number of amides is 1. The Labute approximate surface area is 128 Å². The van der Waals surface area contributed by atoms with Gasteiger partial charge in [-0.1, -0.05) is 19.3 Å². The van der Waals surface area contributed by atoms with E-state index in [1.54, 1.807) is 0 Å². The molecule has 120 valence electrons. The van der Waals surface area contributed by atoms with Gasteiger partial charge in [0.25, 0.3) is 0 Å². The van der Waals surface area contributed by atoms with Gasteiger partial charge in [0.2, 0.25) is 5.91 Å². The van der Waals surface area contributed by atoms with Crippen molar-refractivity contribution in [1.82, 2.24) is 15.1 Å². The van der Waals surface area contributed by atoms with Crippen LogP contribution in [0.3, 0.4) is 0 Å². The summed E-state index contributed by atoms with van der Waals surface area (Å²) in [4.78, 5) is 17.8. The van der Waals surface area contributed by atoms with Gasteiger partial charge in [-0.2, -0.15) is 0 Å². The number of ether oxygens (including phenoxy) is 1. The van der Waals surface area contributed by atoms with Crippen LogP contribution in [0, 0.1) is 0 Å². The molecule has 1 N–H and O–H groups in total. The van der Waals surface area contributed by atoms with Crippen LogP contribution < -0.4 is 5.32 Å². The third-order valence-electron chi connectivity index (χ3n) is 5.45. The van der Waals surface area contributed by atoms with Crippen LogP contribution in [-0.4, -0.2) is 73.7 Å². The normalized spacial score (nSPS) is 31.2. The molecule has 0 bridgehead atoms. The van der Waals surface area contributed by atoms with E-state index >= 15 is 0 Å². The van der Waals surface area contributed by atoms with Crippen LogP contribution in [0.25, 0.3) is 0 Å². The predicted octanol–water partition coefficient (Wildman–Crippen LogP) is 0.842. The van der Waals surface area contributed by atoms with E-state index in [1.165, 1.54) is 19.3 Å². The lowest BCUT2D eigenvalue weighted by atomic mass is 9.79. The van der Waals surface area contributed by atoms with Crippen molar-refractivity contribution in [1.29, 1.82) is 0 Å². The highest BCUT2D eigenvalue weighted by Crippen LogP contribution is 2.35. The summed E-state index contributed by atoms with van der Waals surface area (Å²) in [5.41, 5.74) is -0.261. The zero-order valence-corrected chi connectivity index (χ0v) is 13.3. The Morgan fingerprint density at radius 2 is 1.86 bits per heavy atom. The third kappa shape index (κ3) is 3.25. The van der Waals surface area contributed by atoms with E-state index in [0.29, 0.717) is 6.04 Å². The van der Waals surface area contributed by atoms with E-state index in [4.69, 9.17) is 4.74 Å². The van der Waals surface area contributed by atoms with Crippen LogP contribution >= 0.6 is 0 Å². The molecule has 1 aliphatic carbocycles. The van der Waals surface area contributed by atoms with Gasteiger partial charge in [0.05, 0.1) is 13.2 Å². The fourth-order valence-corrected chi connectivity index (χ4v) is 4.19. The first-order chi connectivity index (χ1) is 10.2. The van der Waals surface area contributed by atoms with Gasteiger partial charge in [-0.15, -0.1) is 0 Å². The Bertz CT molecular complexity index is 363. The van der Waals surface area contributed by atoms with Gasteiger partial charge < -0.3 is 15.0 Å². The number of nitrogens with zero attached hydrogens (tertiary/aromatic N) is 2. The first-order valence-electron chi connectivity index (χ1n) is 8.53. The quantitative estimate of drug-likeness (QED) is 0.838. The van der Waals surface area contributed by atoms with Crippen molar-refractivity contribution in [2.75, 3.05) is 46.4 Å². The monoisotopic (exact) mass is 295 g/mol. The lowest BCUT2D eigenvalue weighted by molar-refractivity contribution is -0.140. The molecule has 0 spiro atoms. The number of morpholine rings is 1. The summed E-state index contributed by atoms with van der Waals surface area (Å²) in [6, 6.07) is 0.336. The highest BCUT2D eigenvalue weighted by atomic mass is 16.5. The Hall–Kier alpha value is -0.650. The Kier molecular flexibility index (Phi) is 4.82. The van der Waals surface area contributed by atoms with Crippen LogP contribution in [0.5, 0.6) is 0 Å². The van der Waals surface area contributed by atoms with Crippen molar-refractivity contribution < 1.29 is 9.53 Å². The van der Waals surface area contributed by atoms with Gasteiger partial charge in [0.15, 0.2) is 0 Å².